The number of halogens is 8. The molecule has 0 aliphatic heterocycles. The average Bonchev–Trinajstić information content (AvgIpc) is 2.05. The van der Waals surface area contributed by atoms with Crippen LogP contribution in [0.25, 0.3) is 0 Å². The molecule has 0 spiro atoms. The van der Waals surface area contributed by atoms with E-state index in [0.717, 1.165) is 0 Å². The van der Waals surface area contributed by atoms with Gasteiger partial charge in [-0.1, -0.05) is 11.6 Å². The second kappa shape index (κ2) is 4.10. The van der Waals surface area contributed by atoms with Crippen LogP contribution in [0.5, 0.6) is 0 Å². The van der Waals surface area contributed by atoms with Gasteiger partial charge in [-0.25, -0.2) is 0 Å². The van der Waals surface area contributed by atoms with Gasteiger partial charge in [0.2, 0.25) is 0 Å². The van der Waals surface area contributed by atoms with Crippen LogP contribution in [0.2, 0.25) is 5.02 Å². The highest BCUT2D eigenvalue weighted by Gasteiger charge is 2.39. The Morgan fingerprint density at radius 3 is 1.62 bits per heavy atom. The van der Waals surface area contributed by atoms with Gasteiger partial charge in [0.25, 0.3) is 0 Å². The summed E-state index contributed by atoms with van der Waals surface area (Å²) in [4.78, 5) is 0. The van der Waals surface area contributed by atoms with E-state index in [-0.39, 0.29) is 0 Å². The summed E-state index contributed by atoms with van der Waals surface area (Å²) in [6, 6.07) is 0.634. The number of benzene rings is 1. The molecule has 8 heteroatoms. The van der Waals surface area contributed by atoms with Crippen LogP contribution < -0.4 is 0 Å². The lowest BCUT2D eigenvalue weighted by Gasteiger charge is -2.14. The van der Waals surface area contributed by atoms with Crippen molar-refractivity contribution in [3.8, 4) is 0 Å². The second-order valence-corrected chi connectivity index (χ2v) is 3.96. The lowest BCUT2D eigenvalue weighted by Crippen LogP contribution is -2.11. The molecule has 0 nitrogen and oxygen atoms in total. The molecule has 16 heavy (non-hydrogen) atoms. The van der Waals surface area contributed by atoms with Crippen LogP contribution in [0.1, 0.15) is 11.1 Å². The van der Waals surface area contributed by atoms with Crippen LogP contribution in [0.15, 0.2) is 16.6 Å². The van der Waals surface area contributed by atoms with E-state index in [2.05, 4.69) is 15.9 Å². The SMILES string of the molecule is FC(F)(F)c1ccc(C(F)(F)F)c(Br)c1Cl. The molecule has 0 radical (unpaired) electrons. The van der Waals surface area contributed by atoms with Gasteiger partial charge < -0.3 is 0 Å². The maximum absolute atomic E-state index is 12.3. The van der Waals surface area contributed by atoms with Crippen LogP contribution in [-0.2, 0) is 12.4 Å². The van der Waals surface area contributed by atoms with Gasteiger partial charge in [0.1, 0.15) is 0 Å². The molecule has 0 saturated heterocycles. The predicted octanol–water partition coefficient (Wildman–Crippen LogP) is 5.14. The van der Waals surface area contributed by atoms with Gasteiger partial charge in [-0.2, -0.15) is 26.3 Å². The monoisotopic (exact) mass is 326 g/mol. The molecular weight excluding hydrogens is 325 g/mol. The van der Waals surface area contributed by atoms with Crippen molar-refractivity contribution in [1.29, 1.82) is 0 Å². The molecule has 1 rings (SSSR count). The molecule has 0 N–H and O–H groups in total. The van der Waals surface area contributed by atoms with E-state index in [0.29, 0.717) is 12.1 Å². The molecule has 0 bridgehead atoms. The largest absolute Gasteiger partial charge is 0.417 e. The van der Waals surface area contributed by atoms with Crippen LogP contribution in [-0.4, -0.2) is 0 Å². The molecule has 0 aliphatic rings. The van der Waals surface area contributed by atoms with E-state index in [1.807, 2.05) is 0 Å². The highest BCUT2D eigenvalue weighted by Crippen LogP contribution is 2.44. The summed E-state index contributed by atoms with van der Waals surface area (Å²) in [7, 11) is 0. The Hall–Kier alpha value is -0.430. The molecule has 0 aliphatic carbocycles. The van der Waals surface area contributed by atoms with E-state index >= 15 is 0 Å². The van der Waals surface area contributed by atoms with Crippen molar-refractivity contribution in [3.63, 3.8) is 0 Å². The molecule has 0 atom stereocenters. The van der Waals surface area contributed by atoms with E-state index < -0.39 is 33.0 Å². The standard InChI is InChI=1S/C8H2BrClF6/c9-5-3(7(11,12)13)1-2-4(6(5)10)8(14,15)16/h1-2H. The topological polar surface area (TPSA) is 0 Å². The first-order chi connectivity index (χ1) is 7.05. The zero-order chi connectivity index (χ0) is 12.7. The van der Waals surface area contributed by atoms with Crippen molar-refractivity contribution in [2.45, 2.75) is 12.4 Å². The second-order valence-electron chi connectivity index (χ2n) is 2.78. The highest BCUT2D eigenvalue weighted by atomic mass is 79.9. The van der Waals surface area contributed by atoms with Crippen LogP contribution in [0.3, 0.4) is 0 Å². The molecule has 0 aromatic heterocycles. The van der Waals surface area contributed by atoms with Crippen molar-refractivity contribution in [2.24, 2.45) is 0 Å². The zero-order valence-corrected chi connectivity index (χ0v) is 9.52. The molecule has 1 aromatic rings. The predicted molar refractivity (Wildman–Crippen MR) is 49.2 cm³/mol. The Balaban J connectivity index is 3.41. The third-order valence-electron chi connectivity index (χ3n) is 1.69. The van der Waals surface area contributed by atoms with Crippen LogP contribution in [0, 0.1) is 0 Å². The van der Waals surface area contributed by atoms with Gasteiger partial charge in [0.05, 0.1) is 16.1 Å². The van der Waals surface area contributed by atoms with Crippen molar-refractivity contribution in [1.82, 2.24) is 0 Å². The quantitative estimate of drug-likeness (QED) is 0.579. The fourth-order valence-corrected chi connectivity index (χ4v) is 1.83. The van der Waals surface area contributed by atoms with Gasteiger partial charge in [0, 0.05) is 4.47 Å². The molecule has 1 aromatic carbocycles. The minimum Gasteiger partial charge on any atom is -0.166 e. The van der Waals surface area contributed by atoms with Gasteiger partial charge >= 0.3 is 12.4 Å². The number of rotatable bonds is 0. The third kappa shape index (κ3) is 2.63. The Bertz CT molecular complexity index is 369. The summed E-state index contributed by atoms with van der Waals surface area (Å²) < 4.78 is 72.9. The van der Waals surface area contributed by atoms with E-state index in [1.165, 1.54) is 0 Å². The summed E-state index contributed by atoms with van der Waals surface area (Å²) in [5, 5.41) is -0.998. The Labute approximate surface area is 99.3 Å². The number of hydrogen-bond donors (Lipinski definition) is 0. The van der Waals surface area contributed by atoms with Crippen LogP contribution >= 0.6 is 27.5 Å². The summed E-state index contributed by atoms with van der Waals surface area (Å²) in [5.41, 5.74) is -2.56. The first kappa shape index (κ1) is 13.6. The fourth-order valence-electron chi connectivity index (χ4n) is 0.987. The Morgan fingerprint density at radius 2 is 1.25 bits per heavy atom. The lowest BCUT2D eigenvalue weighted by molar-refractivity contribution is -0.141. The van der Waals surface area contributed by atoms with Crippen molar-refractivity contribution < 1.29 is 26.3 Å². The van der Waals surface area contributed by atoms with E-state index in [9.17, 15) is 26.3 Å². The molecule has 0 saturated carbocycles. The van der Waals surface area contributed by atoms with Crippen molar-refractivity contribution in [2.75, 3.05) is 0 Å². The Kier molecular flexibility index (Phi) is 3.50. The lowest BCUT2D eigenvalue weighted by atomic mass is 10.1. The smallest absolute Gasteiger partial charge is 0.166 e. The minimum atomic E-state index is -4.79. The normalized spacial score (nSPS) is 13.0. The molecule has 0 heterocycles. The molecular formula is C8H2BrClF6. The van der Waals surface area contributed by atoms with Gasteiger partial charge in [-0.05, 0) is 28.1 Å². The summed E-state index contributed by atoms with van der Waals surface area (Å²) in [5.74, 6) is 0. The molecule has 0 unspecified atom stereocenters. The number of alkyl halides is 6. The maximum Gasteiger partial charge on any atom is 0.417 e. The van der Waals surface area contributed by atoms with E-state index in [1.54, 1.807) is 0 Å². The highest BCUT2D eigenvalue weighted by molar-refractivity contribution is 9.10. The zero-order valence-electron chi connectivity index (χ0n) is 7.18. The minimum absolute atomic E-state index is 0.302. The summed E-state index contributed by atoms with van der Waals surface area (Å²) in [6.07, 6.45) is -9.55. The average molecular weight is 327 g/mol. The van der Waals surface area contributed by atoms with Crippen molar-refractivity contribution >= 4 is 27.5 Å². The summed E-state index contributed by atoms with van der Waals surface area (Å²) >= 11 is 7.63. The third-order valence-corrected chi connectivity index (χ3v) is 3.14. The van der Waals surface area contributed by atoms with Crippen LogP contribution in [0.4, 0.5) is 26.3 Å². The first-order valence-corrected chi connectivity index (χ1v) is 4.84. The molecule has 0 fully saturated rings. The molecule has 0 amide bonds. The molecule has 90 valence electrons. The van der Waals surface area contributed by atoms with E-state index in [4.69, 9.17) is 11.6 Å². The number of hydrogen-bond acceptors (Lipinski definition) is 0. The van der Waals surface area contributed by atoms with Gasteiger partial charge in [-0.3, -0.25) is 0 Å². The van der Waals surface area contributed by atoms with Crippen molar-refractivity contribution in [3.05, 3.63) is 32.8 Å². The fraction of sp³-hybridized carbons (Fsp3) is 0.250. The van der Waals surface area contributed by atoms with Gasteiger partial charge in [-0.15, -0.1) is 0 Å². The first-order valence-electron chi connectivity index (χ1n) is 3.67. The Morgan fingerprint density at radius 1 is 0.875 bits per heavy atom. The van der Waals surface area contributed by atoms with Gasteiger partial charge in [0.15, 0.2) is 0 Å². The maximum atomic E-state index is 12.3. The summed E-state index contributed by atoms with van der Waals surface area (Å²) in [6.45, 7) is 0.